The molecular weight excluding hydrogens is 300 g/mol. The van der Waals surface area contributed by atoms with E-state index in [1.54, 1.807) is 0 Å². The molecule has 148 valence electrons. The van der Waals surface area contributed by atoms with Crippen molar-refractivity contribution in [1.82, 2.24) is 0 Å². The lowest BCUT2D eigenvalue weighted by Crippen LogP contribution is -2.02. The van der Waals surface area contributed by atoms with E-state index >= 15 is 0 Å². The Bertz CT molecular complexity index is 186. The number of unbranched alkanes of at least 4 members (excludes halogenated alkanes) is 14. The molecule has 0 radical (unpaired) electrons. The first-order chi connectivity index (χ1) is 11.7. The Labute approximate surface area is 151 Å². The predicted molar refractivity (Wildman–Crippen MR) is 105 cm³/mol. The van der Waals surface area contributed by atoms with Crippen LogP contribution in [0, 0.1) is 0 Å². The Morgan fingerprint density at radius 2 is 0.833 bits per heavy atom. The molecule has 0 aliphatic heterocycles. The van der Waals surface area contributed by atoms with Crippen LogP contribution < -0.4 is 0 Å². The summed E-state index contributed by atoms with van der Waals surface area (Å²) in [7, 11) is 0. The molecular formula is C21H46O3. The van der Waals surface area contributed by atoms with Crippen LogP contribution in [0.5, 0.6) is 0 Å². The molecule has 0 amide bonds. The van der Waals surface area contributed by atoms with E-state index in [0.717, 1.165) is 19.3 Å². The summed E-state index contributed by atoms with van der Waals surface area (Å²) < 4.78 is 0. The average Bonchev–Trinajstić information content (AvgIpc) is 2.57. The number of aliphatic hydroxyl groups is 3. The minimum Gasteiger partial charge on any atom is -0.396 e. The van der Waals surface area contributed by atoms with Gasteiger partial charge in [0, 0.05) is 6.61 Å². The van der Waals surface area contributed by atoms with Crippen LogP contribution in [0.1, 0.15) is 123 Å². The maximum atomic E-state index is 8.55. The standard InChI is InChI=1S/C11H24O.C10H22O2/c1-2-3-4-5-6-7-8-9-10-11-12;1-2-3-4-5-6-7-8-9-10(11)12/h12H,2-11H2,1H3;10-12H,2-9H2,1H3. The van der Waals surface area contributed by atoms with Gasteiger partial charge in [0.15, 0.2) is 6.29 Å². The van der Waals surface area contributed by atoms with Gasteiger partial charge < -0.3 is 15.3 Å². The highest BCUT2D eigenvalue weighted by atomic mass is 16.5. The van der Waals surface area contributed by atoms with E-state index in [1.165, 1.54) is 83.5 Å². The molecule has 3 heteroatoms. The SMILES string of the molecule is CCCCCCCCCC(O)O.CCCCCCCCCCCO. The second-order valence-electron chi connectivity index (χ2n) is 6.94. The summed E-state index contributed by atoms with van der Waals surface area (Å²) in [6.07, 6.45) is 19.9. The molecule has 3 nitrogen and oxygen atoms in total. The van der Waals surface area contributed by atoms with Gasteiger partial charge in [0.1, 0.15) is 0 Å². The normalized spacial score (nSPS) is 10.8. The van der Waals surface area contributed by atoms with Crippen molar-refractivity contribution in [2.24, 2.45) is 0 Å². The first kappa shape index (κ1) is 26.1. The molecule has 0 aliphatic carbocycles. The lowest BCUT2D eigenvalue weighted by Gasteiger charge is -2.02. The lowest BCUT2D eigenvalue weighted by atomic mass is 10.1. The highest BCUT2D eigenvalue weighted by Crippen LogP contribution is 2.09. The van der Waals surface area contributed by atoms with Gasteiger partial charge in [0.05, 0.1) is 0 Å². The Hall–Kier alpha value is -0.120. The van der Waals surface area contributed by atoms with Crippen LogP contribution in [0.4, 0.5) is 0 Å². The molecule has 0 aromatic carbocycles. The van der Waals surface area contributed by atoms with Crippen LogP contribution >= 0.6 is 0 Å². The summed E-state index contributed by atoms with van der Waals surface area (Å²) in [5.41, 5.74) is 0. The highest BCUT2D eigenvalue weighted by molar-refractivity contribution is 4.47. The maximum Gasteiger partial charge on any atom is 0.151 e. The van der Waals surface area contributed by atoms with Crippen molar-refractivity contribution in [3.8, 4) is 0 Å². The van der Waals surface area contributed by atoms with Crippen molar-refractivity contribution >= 4 is 0 Å². The van der Waals surface area contributed by atoms with Gasteiger partial charge in [-0.15, -0.1) is 0 Å². The average molecular weight is 347 g/mol. The molecule has 0 bridgehead atoms. The summed E-state index contributed by atoms with van der Waals surface area (Å²) in [6.45, 7) is 4.83. The minimum absolute atomic E-state index is 0.371. The molecule has 0 aromatic rings. The molecule has 3 N–H and O–H groups in total. The summed E-state index contributed by atoms with van der Waals surface area (Å²) >= 11 is 0. The second kappa shape index (κ2) is 25.1. The molecule has 0 saturated heterocycles. The Kier molecular flexibility index (Phi) is 27.3. The van der Waals surface area contributed by atoms with Crippen LogP contribution in [0.3, 0.4) is 0 Å². The minimum atomic E-state index is -1.10. The van der Waals surface area contributed by atoms with E-state index in [1.807, 2.05) is 0 Å². The zero-order valence-corrected chi connectivity index (χ0v) is 16.6. The fraction of sp³-hybridized carbons (Fsp3) is 1.00. The first-order valence-electron chi connectivity index (χ1n) is 10.7. The molecule has 0 aromatic heterocycles. The third-order valence-corrected chi connectivity index (χ3v) is 4.33. The van der Waals surface area contributed by atoms with E-state index in [4.69, 9.17) is 15.3 Å². The smallest absolute Gasteiger partial charge is 0.151 e. The molecule has 24 heavy (non-hydrogen) atoms. The molecule has 0 aliphatic rings. The van der Waals surface area contributed by atoms with Gasteiger partial charge >= 0.3 is 0 Å². The molecule has 0 atom stereocenters. The quantitative estimate of drug-likeness (QED) is 0.225. The van der Waals surface area contributed by atoms with Gasteiger partial charge in [-0.3, -0.25) is 0 Å². The lowest BCUT2D eigenvalue weighted by molar-refractivity contribution is -0.0466. The third-order valence-electron chi connectivity index (χ3n) is 4.33. The van der Waals surface area contributed by atoms with E-state index in [0.29, 0.717) is 13.0 Å². The van der Waals surface area contributed by atoms with E-state index in [9.17, 15) is 0 Å². The van der Waals surface area contributed by atoms with Crippen molar-refractivity contribution in [2.45, 2.75) is 129 Å². The first-order valence-corrected chi connectivity index (χ1v) is 10.7. The zero-order valence-electron chi connectivity index (χ0n) is 16.6. The van der Waals surface area contributed by atoms with Gasteiger partial charge in [-0.05, 0) is 19.3 Å². The van der Waals surface area contributed by atoms with Crippen LogP contribution in [0.2, 0.25) is 0 Å². The molecule has 0 spiro atoms. The second-order valence-corrected chi connectivity index (χ2v) is 6.94. The largest absolute Gasteiger partial charge is 0.396 e. The van der Waals surface area contributed by atoms with E-state index < -0.39 is 6.29 Å². The summed E-state index contributed by atoms with van der Waals surface area (Å²) in [4.78, 5) is 0. The maximum absolute atomic E-state index is 8.55. The number of aliphatic hydroxyl groups excluding tert-OH is 2. The topological polar surface area (TPSA) is 60.7 Å². The molecule has 0 fully saturated rings. The van der Waals surface area contributed by atoms with Crippen LogP contribution in [-0.4, -0.2) is 28.2 Å². The van der Waals surface area contributed by atoms with Gasteiger partial charge in [-0.1, -0.05) is 104 Å². The summed E-state index contributed by atoms with van der Waals surface area (Å²) in [5.74, 6) is 0. The van der Waals surface area contributed by atoms with Crippen molar-refractivity contribution in [3.63, 3.8) is 0 Å². The van der Waals surface area contributed by atoms with Crippen molar-refractivity contribution in [1.29, 1.82) is 0 Å². The molecule has 0 unspecified atom stereocenters. The molecule has 0 rings (SSSR count). The fourth-order valence-electron chi connectivity index (χ4n) is 2.71. The summed E-state index contributed by atoms with van der Waals surface area (Å²) in [6, 6.07) is 0. The van der Waals surface area contributed by atoms with Gasteiger partial charge in [0.2, 0.25) is 0 Å². The fourth-order valence-corrected chi connectivity index (χ4v) is 2.71. The Morgan fingerprint density at radius 1 is 0.500 bits per heavy atom. The van der Waals surface area contributed by atoms with Crippen LogP contribution in [-0.2, 0) is 0 Å². The van der Waals surface area contributed by atoms with Crippen LogP contribution in [0.25, 0.3) is 0 Å². The molecule has 0 heterocycles. The van der Waals surface area contributed by atoms with Crippen molar-refractivity contribution < 1.29 is 15.3 Å². The number of hydrogen-bond acceptors (Lipinski definition) is 3. The Balaban J connectivity index is 0. The van der Waals surface area contributed by atoms with E-state index in [-0.39, 0.29) is 0 Å². The van der Waals surface area contributed by atoms with Crippen molar-refractivity contribution in [2.75, 3.05) is 6.61 Å². The van der Waals surface area contributed by atoms with Crippen LogP contribution in [0.15, 0.2) is 0 Å². The predicted octanol–water partition coefficient (Wildman–Crippen LogP) is 5.95. The monoisotopic (exact) mass is 346 g/mol. The number of rotatable bonds is 17. The van der Waals surface area contributed by atoms with E-state index in [2.05, 4.69) is 13.8 Å². The third kappa shape index (κ3) is 29.8. The Morgan fingerprint density at radius 3 is 1.17 bits per heavy atom. The van der Waals surface area contributed by atoms with Gasteiger partial charge in [-0.2, -0.15) is 0 Å². The zero-order chi connectivity index (χ0) is 18.3. The van der Waals surface area contributed by atoms with Gasteiger partial charge in [-0.25, -0.2) is 0 Å². The van der Waals surface area contributed by atoms with Gasteiger partial charge in [0.25, 0.3) is 0 Å². The summed E-state index contributed by atoms with van der Waals surface area (Å²) in [5, 5.41) is 25.6. The molecule has 0 saturated carbocycles. The highest BCUT2D eigenvalue weighted by Gasteiger charge is 1.96. The number of hydrogen-bond donors (Lipinski definition) is 3. The van der Waals surface area contributed by atoms with Crippen molar-refractivity contribution in [3.05, 3.63) is 0 Å².